The standard InChI is InChI=1S/C20H36N4O8S/c1-5-10(2)15(23-17(28)12(21)8-9-33-4)19(30)22-13(6-7-14(26)27)18(29)24-16(11(3)25)20(31)32/h10-13,15-16,25H,5-9,21H2,1-4H3,(H,22,30)(H,23,28)(H,24,29)(H,26,27)(H,31,32). The van der Waals surface area contributed by atoms with Crippen molar-refractivity contribution in [2.75, 3.05) is 12.0 Å². The molecule has 0 aromatic carbocycles. The van der Waals surface area contributed by atoms with Crippen molar-refractivity contribution in [3.8, 4) is 0 Å². The molecule has 33 heavy (non-hydrogen) atoms. The molecule has 0 aliphatic heterocycles. The Morgan fingerprint density at radius 3 is 1.94 bits per heavy atom. The molecule has 13 heteroatoms. The van der Waals surface area contributed by atoms with E-state index in [1.54, 1.807) is 13.8 Å². The zero-order chi connectivity index (χ0) is 25.7. The van der Waals surface area contributed by atoms with Crippen LogP contribution in [0.2, 0.25) is 0 Å². The third-order valence-electron chi connectivity index (χ3n) is 5.09. The summed E-state index contributed by atoms with van der Waals surface area (Å²) in [6.45, 7) is 4.69. The maximum Gasteiger partial charge on any atom is 0.328 e. The number of aliphatic hydroxyl groups excluding tert-OH is 1. The van der Waals surface area contributed by atoms with Crippen molar-refractivity contribution in [3.05, 3.63) is 0 Å². The summed E-state index contributed by atoms with van der Waals surface area (Å²) in [5, 5.41) is 34.8. The molecular weight excluding hydrogens is 456 g/mol. The van der Waals surface area contributed by atoms with Gasteiger partial charge in [-0.05, 0) is 37.7 Å². The number of aliphatic carboxylic acids is 2. The molecule has 6 atom stereocenters. The van der Waals surface area contributed by atoms with Crippen LogP contribution >= 0.6 is 11.8 Å². The summed E-state index contributed by atoms with van der Waals surface area (Å²) in [5.41, 5.74) is 5.87. The molecule has 0 aromatic rings. The molecule has 0 aliphatic carbocycles. The predicted octanol–water partition coefficient (Wildman–Crippen LogP) is -1.10. The number of carbonyl (C=O) groups excluding carboxylic acids is 3. The van der Waals surface area contributed by atoms with Crippen LogP contribution in [-0.4, -0.2) is 87.3 Å². The smallest absolute Gasteiger partial charge is 0.328 e. The van der Waals surface area contributed by atoms with E-state index in [9.17, 15) is 29.1 Å². The Labute approximate surface area is 197 Å². The first-order valence-corrected chi connectivity index (χ1v) is 12.0. The minimum Gasteiger partial charge on any atom is -0.481 e. The summed E-state index contributed by atoms with van der Waals surface area (Å²) >= 11 is 1.52. The molecule has 0 saturated carbocycles. The minimum atomic E-state index is -1.65. The van der Waals surface area contributed by atoms with Crippen LogP contribution in [-0.2, 0) is 24.0 Å². The molecule has 0 aliphatic rings. The van der Waals surface area contributed by atoms with Gasteiger partial charge in [0.05, 0.1) is 12.1 Å². The van der Waals surface area contributed by atoms with Crippen molar-refractivity contribution in [1.82, 2.24) is 16.0 Å². The molecular formula is C20H36N4O8S. The number of thioether (sulfide) groups is 1. The molecule has 0 bridgehead atoms. The molecule has 0 spiro atoms. The summed E-state index contributed by atoms with van der Waals surface area (Å²) in [5.74, 6) is -4.64. The lowest BCUT2D eigenvalue weighted by molar-refractivity contribution is -0.145. The van der Waals surface area contributed by atoms with Gasteiger partial charge in [0.15, 0.2) is 6.04 Å². The average Bonchev–Trinajstić information content (AvgIpc) is 2.74. The highest BCUT2D eigenvalue weighted by molar-refractivity contribution is 7.98. The molecule has 3 amide bonds. The number of hydrogen-bond acceptors (Lipinski definition) is 8. The summed E-state index contributed by atoms with van der Waals surface area (Å²) in [7, 11) is 0. The summed E-state index contributed by atoms with van der Waals surface area (Å²) < 4.78 is 0. The van der Waals surface area contributed by atoms with Gasteiger partial charge in [-0.2, -0.15) is 11.8 Å². The van der Waals surface area contributed by atoms with E-state index in [0.717, 1.165) is 0 Å². The van der Waals surface area contributed by atoms with E-state index in [1.807, 2.05) is 6.26 Å². The monoisotopic (exact) mass is 492 g/mol. The molecule has 0 rings (SSSR count). The van der Waals surface area contributed by atoms with E-state index in [2.05, 4.69) is 16.0 Å². The van der Waals surface area contributed by atoms with Gasteiger partial charge >= 0.3 is 11.9 Å². The second kappa shape index (κ2) is 15.5. The van der Waals surface area contributed by atoms with Gasteiger partial charge in [-0.25, -0.2) is 4.79 Å². The fourth-order valence-corrected chi connectivity index (χ4v) is 3.27. The number of carbonyl (C=O) groups is 5. The van der Waals surface area contributed by atoms with E-state index in [4.69, 9.17) is 15.9 Å². The van der Waals surface area contributed by atoms with Crippen LogP contribution in [0.3, 0.4) is 0 Å². The van der Waals surface area contributed by atoms with E-state index in [-0.39, 0.29) is 12.3 Å². The predicted molar refractivity (Wildman–Crippen MR) is 122 cm³/mol. The Hall–Kier alpha value is -2.38. The van der Waals surface area contributed by atoms with E-state index in [0.29, 0.717) is 18.6 Å². The second-order valence-corrected chi connectivity index (χ2v) is 8.80. The number of rotatable bonds is 16. The number of carboxylic acid groups (broad SMARTS) is 2. The highest BCUT2D eigenvalue weighted by atomic mass is 32.2. The van der Waals surface area contributed by atoms with Gasteiger partial charge in [0.2, 0.25) is 17.7 Å². The van der Waals surface area contributed by atoms with E-state index >= 15 is 0 Å². The molecule has 12 nitrogen and oxygen atoms in total. The van der Waals surface area contributed by atoms with Crippen LogP contribution in [0.5, 0.6) is 0 Å². The molecule has 190 valence electrons. The topological polar surface area (TPSA) is 208 Å². The van der Waals surface area contributed by atoms with Crippen LogP contribution < -0.4 is 21.7 Å². The van der Waals surface area contributed by atoms with Gasteiger partial charge in [0, 0.05) is 6.42 Å². The van der Waals surface area contributed by atoms with E-state index in [1.165, 1.54) is 18.7 Å². The van der Waals surface area contributed by atoms with Crippen molar-refractivity contribution in [2.45, 2.75) is 76.7 Å². The van der Waals surface area contributed by atoms with Gasteiger partial charge < -0.3 is 37.0 Å². The van der Waals surface area contributed by atoms with Crippen molar-refractivity contribution in [3.63, 3.8) is 0 Å². The lowest BCUT2D eigenvalue weighted by atomic mass is 9.97. The SMILES string of the molecule is CCC(C)C(NC(=O)C(N)CCSC)C(=O)NC(CCC(=O)O)C(=O)NC(C(=O)O)C(C)O. The number of nitrogens with two attached hydrogens (primary N) is 1. The zero-order valence-corrected chi connectivity index (χ0v) is 20.2. The van der Waals surface area contributed by atoms with Crippen LogP contribution in [0.4, 0.5) is 0 Å². The van der Waals surface area contributed by atoms with Gasteiger partial charge in [0.1, 0.15) is 12.1 Å². The Kier molecular flexibility index (Phi) is 14.3. The fourth-order valence-electron chi connectivity index (χ4n) is 2.78. The Bertz CT molecular complexity index is 691. The summed E-state index contributed by atoms with van der Waals surface area (Å²) in [6, 6.07) is -4.93. The largest absolute Gasteiger partial charge is 0.481 e. The summed E-state index contributed by atoms with van der Waals surface area (Å²) in [4.78, 5) is 60.3. The highest BCUT2D eigenvalue weighted by Gasteiger charge is 2.33. The van der Waals surface area contributed by atoms with Crippen LogP contribution in [0.25, 0.3) is 0 Å². The molecule has 0 heterocycles. The van der Waals surface area contributed by atoms with E-state index < -0.39 is 66.4 Å². The number of hydrogen-bond donors (Lipinski definition) is 7. The van der Waals surface area contributed by atoms with Crippen molar-refractivity contribution >= 4 is 41.4 Å². The first kappa shape index (κ1) is 30.6. The third-order valence-corrected chi connectivity index (χ3v) is 5.73. The van der Waals surface area contributed by atoms with Crippen LogP contribution in [0, 0.1) is 5.92 Å². The molecule has 0 radical (unpaired) electrons. The normalized spacial score (nSPS) is 16.4. The van der Waals surface area contributed by atoms with Crippen molar-refractivity contribution < 1.29 is 39.3 Å². The van der Waals surface area contributed by atoms with Crippen molar-refractivity contribution in [2.24, 2.45) is 11.7 Å². The van der Waals surface area contributed by atoms with Crippen molar-refractivity contribution in [1.29, 1.82) is 0 Å². The quantitative estimate of drug-likeness (QED) is 0.138. The Balaban J connectivity index is 5.57. The molecule has 0 fully saturated rings. The molecule has 8 N–H and O–H groups in total. The molecule has 6 unspecified atom stereocenters. The zero-order valence-electron chi connectivity index (χ0n) is 19.4. The highest BCUT2D eigenvalue weighted by Crippen LogP contribution is 2.11. The third kappa shape index (κ3) is 11.3. The number of aliphatic hydroxyl groups is 1. The van der Waals surface area contributed by atoms with Gasteiger partial charge in [-0.1, -0.05) is 20.3 Å². The maximum atomic E-state index is 13.0. The van der Waals surface area contributed by atoms with Crippen LogP contribution in [0.15, 0.2) is 0 Å². The van der Waals surface area contributed by atoms with Gasteiger partial charge in [0.25, 0.3) is 0 Å². The number of carboxylic acids is 2. The Morgan fingerprint density at radius 1 is 0.909 bits per heavy atom. The molecule has 0 saturated heterocycles. The number of amides is 3. The minimum absolute atomic E-state index is 0.326. The summed E-state index contributed by atoms with van der Waals surface area (Å²) in [6.07, 6.45) is 0.541. The first-order chi connectivity index (χ1) is 15.3. The van der Waals surface area contributed by atoms with Gasteiger partial charge in [-0.15, -0.1) is 0 Å². The average molecular weight is 493 g/mol. The lowest BCUT2D eigenvalue weighted by Gasteiger charge is -2.28. The fraction of sp³-hybridized carbons (Fsp3) is 0.750. The lowest BCUT2D eigenvalue weighted by Crippen LogP contribution is -2.59. The Morgan fingerprint density at radius 2 is 1.48 bits per heavy atom. The second-order valence-electron chi connectivity index (χ2n) is 7.82. The maximum absolute atomic E-state index is 13.0. The first-order valence-electron chi connectivity index (χ1n) is 10.6. The number of nitrogens with one attached hydrogen (secondary N) is 3. The molecule has 0 aromatic heterocycles. The van der Waals surface area contributed by atoms with Crippen LogP contribution in [0.1, 0.15) is 46.5 Å². The van der Waals surface area contributed by atoms with Gasteiger partial charge in [-0.3, -0.25) is 19.2 Å².